The third kappa shape index (κ3) is 3.17. The van der Waals surface area contributed by atoms with Crippen LogP contribution in [0.3, 0.4) is 0 Å². The van der Waals surface area contributed by atoms with Crippen molar-refractivity contribution in [3.63, 3.8) is 0 Å². The van der Waals surface area contributed by atoms with Crippen molar-refractivity contribution in [3.8, 4) is 0 Å². The molecule has 0 bridgehead atoms. The molecule has 2 fully saturated rings. The molecule has 1 aromatic rings. The second kappa shape index (κ2) is 6.11. The topological polar surface area (TPSA) is 45.6 Å². The van der Waals surface area contributed by atoms with Gasteiger partial charge in [-0.1, -0.05) is 30.9 Å². The summed E-state index contributed by atoms with van der Waals surface area (Å²) in [6.45, 7) is 4.34. The largest absolute Gasteiger partial charge is 0.385 e. The molecule has 21 heavy (non-hydrogen) atoms. The first-order chi connectivity index (χ1) is 10.1. The zero-order chi connectivity index (χ0) is 14.9. The van der Waals surface area contributed by atoms with Crippen molar-refractivity contribution in [1.82, 2.24) is 4.98 Å². The third-order valence-electron chi connectivity index (χ3n) is 4.66. The molecule has 2 aliphatic rings. The lowest BCUT2D eigenvalue weighted by molar-refractivity contribution is -0.000691. The Morgan fingerprint density at radius 1 is 1.33 bits per heavy atom. The molecule has 1 atom stereocenters. The molecule has 0 spiro atoms. The van der Waals surface area contributed by atoms with Crippen LogP contribution in [0.2, 0.25) is 5.15 Å². The number of aliphatic hydroxyl groups is 1. The van der Waals surface area contributed by atoms with Crippen molar-refractivity contribution in [1.29, 1.82) is 0 Å². The number of morpholine rings is 1. The number of rotatable bonds is 2. The molecule has 0 radical (unpaired) electrons. The number of anilines is 1. The van der Waals surface area contributed by atoms with E-state index in [0.717, 1.165) is 43.6 Å². The minimum absolute atomic E-state index is 0.276. The van der Waals surface area contributed by atoms with Crippen LogP contribution < -0.4 is 4.90 Å². The van der Waals surface area contributed by atoms with E-state index in [9.17, 15) is 5.11 Å². The van der Waals surface area contributed by atoms with Crippen LogP contribution in [-0.2, 0) is 10.3 Å². The van der Waals surface area contributed by atoms with Gasteiger partial charge in [-0.05, 0) is 37.5 Å². The van der Waals surface area contributed by atoms with E-state index in [4.69, 9.17) is 16.3 Å². The molecule has 116 valence electrons. The van der Waals surface area contributed by atoms with E-state index < -0.39 is 5.60 Å². The SMILES string of the molecule is C[C@@H]1COCCN1c1cc(C2(O)CCCCC2)cc(Cl)n1. The zero-order valence-corrected chi connectivity index (χ0v) is 13.3. The summed E-state index contributed by atoms with van der Waals surface area (Å²) in [7, 11) is 0. The highest BCUT2D eigenvalue weighted by molar-refractivity contribution is 6.29. The Kier molecular flexibility index (Phi) is 4.38. The van der Waals surface area contributed by atoms with E-state index >= 15 is 0 Å². The lowest BCUT2D eigenvalue weighted by Crippen LogP contribution is -2.44. The molecule has 0 amide bonds. The molecule has 2 heterocycles. The Hall–Kier alpha value is -0.840. The van der Waals surface area contributed by atoms with Gasteiger partial charge < -0.3 is 14.7 Å². The van der Waals surface area contributed by atoms with Gasteiger partial charge in [0.1, 0.15) is 11.0 Å². The lowest BCUT2D eigenvalue weighted by Gasteiger charge is -2.36. The van der Waals surface area contributed by atoms with E-state index in [1.165, 1.54) is 6.42 Å². The summed E-state index contributed by atoms with van der Waals surface area (Å²) in [5.41, 5.74) is 0.172. The molecule has 4 nitrogen and oxygen atoms in total. The molecule has 1 N–H and O–H groups in total. The molecule has 1 saturated carbocycles. The number of halogens is 1. The van der Waals surface area contributed by atoms with E-state index in [1.807, 2.05) is 12.1 Å². The summed E-state index contributed by atoms with van der Waals surface area (Å²) in [6, 6.07) is 4.11. The first kappa shape index (κ1) is 15.1. The monoisotopic (exact) mass is 310 g/mol. The molecule has 5 heteroatoms. The first-order valence-electron chi connectivity index (χ1n) is 7.83. The molecule has 1 saturated heterocycles. The van der Waals surface area contributed by atoms with Crippen LogP contribution in [0.1, 0.15) is 44.6 Å². The van der Waals surface area contributed by atoms with Gasteiger partial charge in [0, 0.05) is 6.54 Å². The second-order valence-corrected chi connectivity index (χ2v) is 6.63. The van der Waals surface area contributed by atoms with Gasteiger partial charge in [-0.15, -0.1) is 0 Å². The molecule has 0 aromatic carbocycles. The quantitative estimate of drug-likeness (QED) is 0.853. The molecule has 1 aliphatic heterocycles. The maximum atomic E-state index is 10.9. The Morgan fingerprint density at radius 2 is 2.10 bits per heavy atom. The predicted molar refractivity (Wildman–Crippen MR) is 83.9 cm³/mol. The third-order valence-corrected chi connectivity index (χ3v) is 4.85. The summed E-state index contributed by atoms with van der Waals surface area (Å²) in [5, 5.41) is 11.4. The Balaban J connectivity index is 1.92. The van der Waals surface area contributed by atoms with Crippen molar-refractivity contribution in [2.45, 2.75) is 50.7 Å². The Morgan fingerprint density at radius 3 is 2.81 bits per heavy atom. The highest BCUT2D eigenvalue weighted by Crippen LogP contribution is 2.39. The van der Waals surface area contributed by atoms with Gasteiger partial charge in [-0.25, -0.2) is 4.98 Å². The number of hydrogen-bond acceptors (Lipinski definition) is 4. The Bertz CT molecular complexity index is 503. The Labute approximate surface area is 131 Å². The fourth-order valence-electron chi connectivity index (χ4n) is 3.39. The van der Waals surface area contributed by atoms with Crippen molar-refractivity contribution >= 4 is 17.4 Å². The number of aromatic nitrogens is 1. The van der Waals surface area contributed by atoms with Crippen molar-refractivity contribution < 1.29 is 9.84 Å². The van der Waals surface area contributed by atoms with Crippen LogP contribution in [0.5, 0.6) is 0 Å². The van der Waals surface area contributed by atoms with E-state index in [0.29, 0.717) is 18.4 Å². The summed E-state index contributed by atoms with van der Waals surface area (Å²) in [4.78, 5) is 6.67. The van der Waals surface area contributed by atoms with Crippen molar-refractivity contribution in [2.24, 2.45) is 0 Å². The minimum atomic E-state index is -0.741. The summed E-state index contributed by atoms with van der Waals surface area (Å²) in [5.74, 6) is 0.854. The van der Waals surface area contributed by atoms with Crippen molar-refractivity contribution in [2.75, 3.05) is 24.7 Å². The van der Waals surface area contributed by atoms with E-state index in [1.54, 1.807) is 0 Å². The zero-order valence-electron chi connectivity index (χ0n) is 12.5. The van der Waals surface area contributed by atoms with Gasteiger partial charge >= 0.3 is 0 Å². The number of ether oxygens (including phenoxy) is 1. The van der Waals surface area contributed by atoms with Gasteiger partial charge in [-0.3, -0.25) is 0 Å². The van der Waals surface area contributed by atoms with Gasteiger partial charge in [0.2, 0.25) is 0 Å². The van der Waals surface area contributed by atoms with Crippen LogP contribution in [0.15, 0.2) is 12.1 Å². The van der Waals surface area contributed by atoms with Crippen LogP contribution in [-0.4, -0.2) is 35.9 Å². The second-order valence-electron chi connectivity index (χ2n) is 6.25. The predicted octanol–water partition coefficient (Wildman–Crippen LogP) is 3.11. The maximum Gasteiger partial charge on any atom is 0.131 e. The number of hydrogen-bond donors (Lipinski definition) is 1. The van der Waals surface area contributed by atoms with Gasteiger partial charge in [0.05, 0.1) is 24.9 Å². The fraction of sp³-hybridized carbons (Fsp3) is 0.688. The lowest BCUT2D eigenvalue weighted by atomic mass is 9.80. The standard InChI is InChI=1S/C16H23ClN2O2/c1-12-11-21-8-7-19(12)15-10-13(9-14(17)18-15)16(20)5-3-2-4-6-16/h9-10,12,20H,2-8,11H2,1H3/t12-/m1/s1. The molecular formula is C16H23ClN2O2. The van der Waals surface area contributed by atoms with E-state index in [-0.39, 0.29) is 6.04 Å². The summed E-state index contributed by atoms with van der Waals surface area (Å²) < 4.78 is 5.48. The average Bonchev–Trinajstić information content (AvgIpc) is 2.48. The number of nitrogens with zero attached hydrogens (tertiary/aromatic N) is 2. The highest BCUT2D eigenvalue weighted by Gasteiger charge is 2.32. The van der Waals surface area contributed by atoms with Gasteiger partial charge in [0.15, 0.2) is 0 Å². The summed E-state index contributed by atoms with van der Waals surface area (Å²) in [6.07, 6.45) is 4.96. The van der Waals surface area contributed by atoms with Crippen LogP contribution >= 0.6 is 11.6 Å². The van der Waals surface area contributed by atoms with Gasteiger partial charge in [0.25, 0.3) is 0 Å². The molecule has 3 rings (SSSR count). The average molecular weight is 311 g/mol. The van der Waals surface area contributed by atoms with E-state index in [2.05, 4.69) is 16.8 Å². The van der Waals surface area contributed by atoms with Crippen LogP contribution in [0, 0.1) is 0 Å². The maximum absolute atomic E-state index is 10.9. The summed E-state index contributed by atoms with van der Waals surface area (Å²) >= 11 is 6.22. The molecule has 1 aromatic heterocycles. The van der Waals surface area contributed by atoms with Crippen LogP contribution in [0.4, 0.5) is 5.82 Å². The highest BCUT2D eigenvalue weighted by atomic mass is 35.5. The molecule has 0 unspecified atom stereocenters. The normalized spacial score (nSPS) is 25.9. The number of pyridine rings is 1. The fourth-order valence-corrected chi connectivity index (χ4v) is 3.60. The van der Waals surface area contributed by atoms with Crippen molar-refractivity contribution in [3.05, 3.63) is 22.8 Å². The minimum Gasteiger partial charge on any atom is -0.385 e. The molecular weight excluding hydrogens is 288 g/mol. The smallest absolute Gasteiger partial charge is 0.131 e. The van der Waals surface area contributed by atoms with Gasteiger partial charge in [-0.2, -0.15) is 0 Å². The van der Waals surface area contributed by atoms with Crippen LogP contribution in [0.25, 0.3) is 0 Å². The molecule has 1 aliphatic carbocycles. The first-order valence-corrected chi connectivity index (χ1v) is 8.21.